The van der Waals surface area contributed by atoms with E-state index in [9.17, 15) is 9.90 Å². The van der Waals surface area contributed by atoms with Crippen LogP contribution in [0.2, 0.25) is 0 Å². The van der Waals surface area contributed by atoms with Crippen molar-refractivity contribution >= 4 is 17.3 Å². The Balaban J connectivity index is 1.99. The zero-order chi connectivity index (χ0) is 20.1. The van der Waals surface area contributed by atoms with Crippen LogP contribution in [0.15, 0.2) is 102 Å². The molecule has 5 heteroatoms. The second kappa shape index (κ2) is 8.39. The molecule has 0 saturated carbocycles. The van der Waals surface area contributed by atoms with Crippen molar-refractivity contribution in [3.63, 3.8) is 0 Å². The largest absolute Gasteiger partial charge is 0.480 e. The highest BCUT2D eigenvalue weighted by molar-refractivity contribution is 7.07. The normalized spacial score (nSPS) is 12.4. The number of nitrogens with one attached hydrogen (secondary N) is 1. The van der Waals surface area contributed by atoms with Crippen molar-refractivity contribution in [1.82, 2.24) is 10.3 Å². The van der Waals surface area contributed by atoms with Crippen LogP contribution in [0.1, 0.15) is 28.4 Å². The molecule has 3 aromatic carbocycles. The Morgan fingerprint density at radius 2 is 1.28 bits per heavy atom. The van der Waals surface area contributed by atoms with E-state index in [1.165, 1.54) is 11.3 Å². The highest BCUT2D eigenvalue weighted by Gasteiger charge is 2.40. The molecule has 0 spiro atoms. The average molecular weight is 401 g/mol. The Hall–Kier alpha value is -3.28. The third kappa shape index (κ3) is 3.70. The van der Waals surface area contributed by atoms with Gasteiger partial charge in [0.25, 0.3) is 0 Å². The molecule has 0 radical (unpaired) electrons. The lowest BCUT2D eigenvalue weighted by molar-refractivity contribution is -0.140. The molecule has 1 unspecified atom stereocenters. The number of benzene rings is 3. The second-order valence-electron chi connectivity index (χ2n) is 6.68. The minimum absolute atomic E-state index is 0.495. The first-order chi connectivity index (χ1) is 14.2. The van der Waals surface area contributed by atoms with Gasteiger partial charge in [-0.25, -0.2) is 4.98 Å². The van der Waals surface area contributed by atoms with Gasteiger partial charge in [-0.15, -0.1) is 11.3 Å². The van der Waals surface area contributed by atoms with Crippen LogP contribution < -0.4 is 5.32 Å². The number of carboxylic acids is 1. The second-order valence-corrected chi connectivity index (χ2v) is 7.40. The molecular weight excluding hydrogens is 380 g/mol. The Morgan fingerprint density at radius 3 is 1.62 bits per heavy atom. The fourth-order valence-electron chi connectivity index (χ4n) is 3.66. The van der Waals surface area contributed by atoms with Crippen molar-refractivity contribution in [2.45, 2.75) is 11.6 Å². The van der Waals surface area contributed by atoms with Crippen LogP contribution in [0, 0.1) is 0 Å². The highest BCUT2D eigenvalue weighted by Crippen LogP contribution is 2.39. The van der Waals surface area contributed by atoms with Gasteiger partial charge in [-0.1, -0.05) is 91.0 Å². The molecule has 1 aromatic heterocycles. The summed E-state index contributed by atoms with van der Waals surface area (Å²) in [4.78, 5) is 16.5. The van der Waals surface area contributed by atoms with E-state index in [4.69, 9.17) is 0 Å². The van der Waals surface area contributed by atoms with Crippen LogP contribution in [0.3, 0.4) is 0 Å². The predicted octanol–water partition coefficient (Wildman–Crippen LogP) is 4.85. The summed E-state index contributed by atoms with van der Waals surface area (Å²) in [6.07, 6.45) is 0. The fourth-order valence-corrected chi connectivity index (χ4v) is 4.24. The first-order valence-electron chi connectivity index (χ1n) is 9.27. The van der Waals surface area contributed by atoms with Crippen LogP contribution >= 0.6 is 11.3 Å². The van der Waals surface area contributed by atoms with Crippen LogP contribution in [0.4, 0.5) is 0 Å². The smallest absolute Gasteiger partial charge is 0.327 e. The summed E-state index contributed by atoms with van der Waals surface area (Å²) in [5.41, 5.74) is 4.16. The Kier molecular flexibility index (Phi) is 5.51. The van der Waals surface area contributed by atoms with Crippen molar-refractivity contribution in [3.8, 4) is 0 Å². The van der Waals surface area contributed by atoms with Gasteiger partial charge in [0.1, 0.15) is 0 Å². The molecule has 29 heavy (non-hydrogen) atoms. The highest BCUT2D eigenvalue weighted by atomic mass is 32.1. The number of carboxylic acid groups (broad SMARTS) is 1. The molecule has 1 heterocycles. The summed E-state index contributed by atoms with van der Waals surface area (Å²) >= 11 is 1.38. The van der Waals surface area contributed by atoms with Gasteiger partial charge in [0.2, 0.25) is 0 Å². The van der Waals surface area contributed by atoms with E-state index in [1.54, 1.807) is 10.9 Å². The lowest BCUT2D eigenvalue weighted by Gasteiger charge is -2.39. The predicted molar refractivity (Wildman–Crippen MR) is 115 cm³/mol. The maximum atomic E-state index is 12.3. The van der Waals surface area contributed by atoms with E-state index in [0.717, 1.165) is 16.7 Å². The summed E-state index contributed by atoms with van der Waals surface area (Å²) < 4.78 is 0. The van der Waals surface area contributed by atoms with Crippen molar-refractivity contribution in [2.75, 3.05) is 0 Å². The van der Waals surface area contributed by atoms with E-state index in [2.05, 4.69) is 10.3 Å². The number of thiazole rings is 1. The zero-order valence-corrected chi connectivity index (χ0v) is 16.4. The molecule has 0 aliphatic heterocycles. The molecule has 2 N–H and O–H groups in total. The van der Waals surface area contributed by atoms with Crippen LogP contribution in [-0.4, -0.2) is 16.1 Å². The van der Waals surface area contributed by atoms with Crippen LogP contribution in [-0.2, 0) is 10.3 Å². The number of aliphatic carboxylic acids is 1. The SMILES string of the molecule is O=C(O)C(NC(c1ccccc1)(c1ccccc1)c1ccccc1)c1cscn1. The molecular formula is C24H20N2O2S. The zero-order valence-electron chi connectivity index (χ0n) is 15.6. The van der Waals surface area contributed by atoms with Gasteiger partial charge in [-0.05, 0) is 16.7 Å². The van der Waals surface area contributed by atoms with Crippen LogP contribution in [0.5, 0.6) is 0 Å². The molecule has 1 atom stereocenters. The minimum atomic E-state index is -0.970. The van der Waals surface area contributed by atoms with Gasteiger partial charge in [0.15, 0.2) is 6.04 Å². The molecule has 4 nitrogen and oxygen atoms in total. The van der Waals surface area contributed by atoms with Gasteiger partial charge < -0.3 is 5.11 Å². The van der Waals surface area contributed by atoms with Gasteiger partial charge in [0.05, 0.1) is 16.7 Å². The monoisotopic (exact) mass is 400 g/mol. The van der Waals surface area contributed by atoms with E-state index < -0.39 is 17.6 Å². The Morgan fingerprint density at radius 1 is 0.828 bits per heavy atom. The molecule has 0 bridgehead atoms. The lowest BCUT2D eigenvalue weighted by Crippen LogP contribution is -2.48. The summed E-state index contributed by atoms with van der Waals surface area (Å²) in [5.74, 6) is -0.969. The minimum Gasteiger partial charge on any atom is -0.480 e. The molecule has 4 rings (SSSR count). The molecule has 4 aromatic rings. The van der Waals surface area contributed by atoms with Crippen LogP contribution in [0.25, 0.3) is 0 Å². The van der Waals surface area contributed by atoms with Crippen molar-refractivity contribution in [1.29, 1.82) is 0 Å². The van der Waals surface area contributed by atoms with Crippen molar-refractivity contribution in [3.05, 3.63) is 124 Å². The summed E-state index contributed by atoms with van der Waals surface area (Å²) in [7, 11) is 0. The molecule has 0 fully saturated rings. The van der Waals surface area contributed by atoms with Crippen molar-refractivity contribution < 1.29 is 9.90 Å². The average Bonchev–Trinajstić information content (AvgIpc) is 3.31. The maximum Gasteiger partial charge on any atom is 0.327 e. The summed E-state index contributed by atoms with van der Waals surface area (Å²) in [6.45, 7) is 0. The van der Waals surface area contributed by atoms with E-state index >= 15 is 0 Å². The molecule has 144 valence electrons. The first kappa shape index (κ1) is 19.1. The maximum absolute atomic E-state index is 12.3. The van der Waals surface area contributed by atoms with Gasteiger partial charge in [0, 0.05) is 5.38 Å². The third-order valence-electron chi connectivity index (χ3n) is 4.98. The topological polar surface area (TPSA) is 62.2 Å². The number of hydrogen-bond acceptors (Lipinski definition) is 4. The third-order valence-corrected chi connectivity index (χ3v) is 5.58. The number of nitrogens with zero attached hydrogens (tertiary/aromatic N) is 1. The summed E-state index contributed by atoms with van der Waals surface area (Å²) in [6, 6.07) is 28.8. The molecule has 0 saturated heterocycles. The lowest BCUT2D eigenvalue weighted by atomic mass is 9.76. The Bertz CT molecular complexity index is 955. The number of hydrogen-bond donors (Lipinski definition) is 2. The first-order valence-corrected chi connectivity index (χ1v) is 10.2. The number of rotatable bonds is 7. The molecule has 0 aliphatic rings. The van der Waals surface area contributed by atoms with Gasteiger partial charge >= 0.3 is 5.97 Å². The molecule has 0 amide bonds. The molecule has 0 aliphatic carbocycles. The van der Waals surface area contributed by atoms with Gasteiger partial charge in [-0.3, -0.25) is 10.1 Å². The fraction of sp³-hybridized carbons (Fsp3) is 0.0833. The van der Waals surface area contributed by atoms with E-state index in [0.29, 0.717) is 5.69 Å². The number of carbonyl (C=O) groups is 1. The standard InChI is InChI=1S/C24H20N2O2S/c27-23(28)22(21-16-29-17-25-21)26-24(18-10-4-1-5-11-18,19-12-6-2-7-13-19)20-14-8-3-9-15-20/h1-17,22,26H,(H,27,28). The van der Waals surface area contributed by atoms with E-state index in [1.807, 2.05) is 91.0 Å². The van der Waals surface area contributed by atoms with Crippen molar-refractivity contribution in [2.24, 2.45) is 0 Å². The van der Waals surface area contributed by atoms with Gasteiger partial charge in [-0.2, -0.15) is 0 Å². The summed E-state index contributed by atoms with van der Waals surface area (Å²) in [5, 5.41) is 15.3. The Labute approximate surface area is 173 Å². The van der Waals surface area contributed by atoms with E-state index in [-0.39, 0.29) is 0 Å². The quantitative estimate of drug-likeness (QED) is 0.435. The number of aromatic nitrogens is 1.